The van der Waals surface area contributed by atoms with Crippen molar-refractivity contribution in [1.82, 2.24) is 0 Å². The van der Waals surface area contributed by atoms with E-state index < -0.39 is 0 Å². The van der Waals surface area contributed by atoms with E-state index in [1.165, 1.54) is 42.2 Å². The van der Waals surface area contributed by atoms with Gasteiger partial charge in [-0.15, -0.1) is 11.3 Å². The van der Waals surface area contributed by atoms with Crippen LogP contribution >= 0.6 is 11.3 Å². The van der Waals surface area contributed by atoms with Crippen molar-refractivity contribution >= 4 is 133 Å². The number of fused-ring (bicyclic) bond motifs is 14. The molecule has 0 radical (unpaired) electrons. The van der Waals surface area contributed by atoms with Crippen LogP contribution in [-0.2, 0) is 0 Å². The van der Waals surface area contributed by atoms with Gasteiger partial charge in [0.25, 0.3) is 6.71 Å². The molecule has 0 spiro atoms. The Morgan fingerprint density at radius 2 is 0.923 bits per heavy atom. The number of hydrogen-bond acceptors (Lipinski definition) is 6. The summed E-state index contributed by atoms with van der Waals surface area (Å²) in [5.41, 5.74) is 18.3. The highest BCUT2D eigenvalue weighted by Gasteiger charge is 2.46. The van der Waals surface area contributed by atoms with E-state index in [0.717, 1.165) is 94.6 Å². The molecule has 9 aromatic carbocycles. The molecule has 2 aliphatic heterocycles. The number of furan rings is 3. The van der Waals surface area contributed by atoms with E-state index in [0.29, 0.717) is 0 Å². The minimum Gasteiger partial charge on any atom is -0.464 e. The Kier molecular flexibility index (Phi) is 7.12. The predicted molar refractivity (Wildman–Crippen MR) is 271 cm³/mol. The van der Waals surface area contributed by atoms with E-state index in [1.807, 2.05) is 23.9 Å². The Balaban J connectivity index is 1.15. The molecule has 0 aliphatic carbocycles. The molecule has 7 heteroatoms. The normalized spacial score (nSPS) is 13.1. The molecule has 0 saturated heterocycles. The molecule has 13 aromatic rings. The zero-order valence-electron chi connectivity index (χ0n) is 34.7. The van der Waals surface area contributed by atoms with Crippen molar-refractivity contribution in [3.8, 4) is 22.3 Å². The third kappa shape index (κ3) is 4.77. The summed E-state index contributed by atoms with van der Waals surface area (Å²) in [6.07, 6.45) is 3.64. The first-order chi connectivity index (χ1) is 32.3. The predicted octanol–water partition coefficient (Wildman–Crippen LogP) is 14.9. The van der Waals surface area contributed by atoms with Gasteiger partial charge >= 0.3 is 0 Å². The molecular weight excluding hydrogens is 816 g/mol. The summed E-state index contributed by atoms with van der Waals surface area (Å²) in [6, 6.07) is 68.0. The van der Waals surface area contributed by atoms with Gasteiger partial charge in [-0.1, -0.05) is 115 Å². The van der Waals surface area contributed by atoms with Crippen LogP contribution in [0.5, 0.6) is 0 Å². The lowest BCUT2D eigenvalue weighted by Gasteiger charge is -2.45. The van der Waals surface area contributed by atoms with Crippen LogP contribution in [0.1, 0.15) is 0 Å². The second kappa shape index (κ2) is 13.1. The lowest BCUT2D eigenvalue weighted by molar-refractivity contribution is 0.615. The first kappa shape index (κ1) is 35.2. The standard InChI is InChI=1S/C58H33BN2O3S/c1-3-12-34(13-4-1)36-22-26-46-39(30-32-62-46)55(36)60-44-18-11-19-45-54(44)59(42-24-28-49-52(57(42)60)38-16-7-9-20-48(38)64-49)43-25-29-51-53(41-17-8-10-21-50(41)65-51)58(43)61(45)56-37(35-14-5-2-6-15-35)23-27-47-40(56)31-33-63-47/h1-33H. The Bertz CT molecular complexity index is 3850. The maximum Gasteiger partial charge on any atom is 0.252 e. The molecule has 15 rings (SSSR count). The SMILES string of the molecule is c1ccc(-c2ccc3occc3c2N2c3cccc4c3B(c3ccc5oc6ccccc6c5c32)c2ccc3sc5ccccc5c3c2N4c2c(-c3ccccc3)ccc3occc23)cc1. The van der Waals surface area contributed by atoms with Gasteiger partial charge in [-0.25, -0.2) is 0 Å². The molecule has 0 unspecified atom stereocenters. The van der Waals surface area contributed by atoms with E-state index >= 15 is 0 Å². The van der Waals surface area contributed by atoms with Gasteiger partial charge in [0, 0.05) is 58.8 Å². The molecule has 65 heavy (non-hydrogen) atoms. The number of hydrogen-bond donors (Lipinski definition) is 0. The zero-order valence-corrected chi connectivity index (χ0v) is 35.5. The maximum atomic E-state index is 6.75. The highest BCUT2D eigenvalue weighted by Crippen LogP contribution is 2.55. The second-order valence-corrected chi connectivity index (χ2v) is 18.2. The molecule has 0 fully saturated rings. The first-order valence-corrected chi connectivity index (χ1v) is 22.8. The van der Waals surface area contributed by atoms with Crippen molar-refractivity contribution in [2.75, 3.05) is 9.80 Å². The smallest absolute Gasteiger partial charge is 0.252 e. The molecule has 0 saturated carbocycles. The Hall–Kier alpha value is -8.26. The molecule has 4 aromatic heterocycles. The summed E-state index contributed by atoms with van der Waals surface area (Å²) in [5.74, 6) is 0. The number of thiophene rings is 1. The molecule has 0 bridgehead atoms. The quantitative estimate of drug-likeness (QED) is 0.165. The van der Waals surface area contributed by atoms with Gasteiger partial charge in [0.2, 0.25) is 0 Å². The number of benzene rings is 9. The average Bonchev–Trinajstić information content (AvgIpc) is 4.19. The summed E-state index contributed by atoms with van der Waals surface area (Å²) in [6.45, 7) is -0.132. The molecule has 2 aliphatic rings. The minimum atomic E-state index is -0.132. The zero-order chi connectivity index (χ0) is 42.3. The summed E-state index contributed by atoms with van der Waals surface area (Å²) < 4.78 is 21.8. The Labute approximate surface area is 376 Å². The third-order valence-corrected chi connectivity index (χ3v) is 15.0. The summed E-state index contributed by atoms with van der Waals surface area (Å²) >= 11 is 1.86. The van der Waals surface area contributed by atoms with Gasteiger partial charge in [-0.2, -0.15) is 0 Å². The number of anilines is 6. The van der Waals surface area contributed by atoms with Crippen LogP contribution < -0.4 is 26.2 Å². The maximum absolute atomic E-state index is 6.75. The van der Waals surface area contributed by atoms with E-state index in [1.54, 1.807) is 0 Å². The van der Waals surface area contributed by atoms with E-state index in [9.17, 15) is 0 Å². The minimum absolute atomic E-state index is 0.132. The lowest BCUT2D eigenvalue weighted by atomic mass is 9.33. The van der Waals surface area contributed by atoms with Crippen molar-refractivity contribution in [2.24, 2.45) is 0 Å². The van der Waals surface area contributed by atoms with Gasteiger partial charge in [-0.05, 0) is 100 Å². The fraction of sp³-hybridized carbons (Fsp3) is 0. The summed E-state index contributed by atoms with van der Waals surface area (Å²) in [5, 5.41) is 6.77. The molecule has 0 atom stereocenters. The largest absolute Gasteiger partial charge is 0.464 e. The fourth-order valence-corrected chi connectivity index (χ4v) is 12.3. The van der Waals surface area contributed by atoms with Crippen molar-refractivity contribution in [1.29, 1.82) is 0 Å². The molecule has 302 valence electrons. The van der Waals surface area contributed by atoms with Crippen molar-refractivity contribution < 1.29 is 13.3 Å². The van der Waals surface area contributed by atoms with Crippen LogP contribution in [0.4, 0.5) is 34.1 Å². The molecule has 6 heterocycles. The van der Waals surface area contributed by atoms with Crippen LogP contribution in [0.15, 0.2) is 214 Å². The van der Waals surface area contributed by atoms with Crippen molar-refractivity contribution in [2.45, 2.75) is 0 Å². The van der Waals surface area contributed by atoms with E-state index in [-0.39, 0.29) is 6.71 Å². The number of nitrogens with zero attached hydrogens (tertiary/aromatic N) is 2. The van der Waals surface area contributed by atoms with Gasteiger partial charge in [0.15, 0.2) is 0 Å². The van der Waals surface area contributed by atoms with E-state index in [4.69, 9.17) is 13.3 Å². The topological polar surface area (TPSA) is 45.9 Å². The summed E-state index contributed by atoms with van der Waals surface area (Å²) in [4.78, 5) is 5.12. The first-order valence-electron chi connectivity index (χ1n) is 22.0. The van der Waals surface area contributed by atoms with Crippen LogP contribution in [0.2, 0.25) is 0 Å². The fourth-order valence-electron chi connectivity index (χ4n) is 11.2. The van der Waals surface area contributed by atoms with Crippen molar-refractivity contribution in [3.63, 3.8) is 0 Å². The van der Waals surface area contributed by atoms with Gasteiger partial charge in [0.1, 0.15) is 22.3 Å². The third-order valence-electron chi connectivity index (χ3n) is 13.8. The molecule has 0 N–H and O–H groups in total. The van der Waals surface area contributed by atoms with Gasteiger partial charge in [0.05, 0.1) is 40.7 Å². The Morgan fingerprint density at radius 3 is 1.58 bits per heavy atom. The lowest BCUT2D eigenvalue weighted by Crippen LogP contribution is -2.61. The average molecular weight is 849 g/mol. The number of rotatable bonds is 4. The number of para-hydroxylation sites is 1. The second-order valence-electron chi connectivity index (χ2n) is 17.1. The highest BCUT2D eigenvalue weighted by molar-refractivity contribution is 7.26. The monoisotopic (exact) mass is 848 g/mol. The summed E-state index contributed by atoms with van der Waals surface area (Å²) in [7, 11) is 0. The van der Waals surface area contributed by atoms with Crippen LogP contribution in [0.25, 0.3) is 86.3 Å². The molecule has 0 amide bonds. The molecular formula is C58H33BN2O3S. The van der Waals surface area contributed by atoms with Crippen LogP contribution in [0.3, 0.4) is 0 Å². The van der Waals surface area contributed by atoms with E-state index in [2.05, 4.69) is 198 Å². The van der Waals surface area contributed by atoms with Crippen LogP contribution in [0, 0.1) is 0 Å². The highest BCUT2D eigenvalue weighted by atomic mass is 32.1. The van der Waals surface area contributed by atoms with Crippen molar-refractivity contribution in [3.05, 3.63) is 201 Å². The van der Waals surface area contributed by atoms with Gasteiger partial charge in [-0.3, -0.25) is 0 Å². The molecule has 5 nitrogen and oxygen atoms in total. The van der Waals surface area contributed by atoms with Crippen LogP contribution in [-0.4, -0.2) is 6.71 Å². The Morgan fingerprint density at radius 1 is 0.369 bits per heavy atom. The van der Waals surface area contributed by atoms with Gasteiger partial charge < -0.3 is 23.1 Å².